The van der Waals surface area contributed by atoms with Crippen molar-refractivity contribution in [3.05, 3.63) is 41.2 Å². The zero-order valence-electron chi connectivity index (χ0n) is 9.23. The quantitative estimate of drug-likeness (QED) is 0.897. The van der Waals surface area contributed by atoms with Crippen LogP contribution in [0.5, 0.6) is 0 Å². The van der Waals surface area contributed by atoms with Crippen LogP contribution in [0.3, 0.4) is 0 Å². The van der Waals surface area contributed by atoms with E-state index in [9.17, 15) is 4.79 Å². The van der Waals surface area contributed by atoms with Gasteiger partial charge >= 0.3 is 6.09 Å². The molecule has 1 unspecified atom stereocenters. The fraction of sp³-hybridized carbons (Fsp3) is 0.200. The molecule has 0 saturated heterocycles. The maximum Gasteiger partial charge on any atom is 0.405 e. The summed E-state index contributed by atoms with van der Waals surface area (Å²) in [6, 6.07) is 7.02. The summed E-state index contributed by atoms with van der Waals surface area (Å²) in [5.41, 5.74) is 5.69. The zero-order chi connectivity index (χ0) is 13.0. The zero-order valence-corrected chi connectivity index (χ0v) is 9.99. The summed E-state index contributed by atoms with van der Waals surface area (Å²) < 4.78 is 6.46. The Morgan fingerprint density at radius 3 is 2.89 bits per heavy atom. The van der Waals surface area contributed by atoms with Gasteiger partial charge in [-0.2, -0.15) is 0 Å². The Balaban J connectivity index is 2.25. The van der Waals surface area contributed by atoms with Crippen LogP contribution in [0.25, 0.3) is 0 Å². The predicted molar refractivity (Wildman–Crippen MR) is 62.7 cm³/mol. The molecule has 94 valence electrons. The minimum absolute atomic E-state index is 0.236. The molecule has 1 amide bonds. The van der Waals surface area contributed by atoms with Crippen LogP contribution in [0.15, 0.2) is 30.6 Å². The number of hydrogen-bond donors (Lipinski definition) is 1. The number of amides is 1. The lowest BCUT2D eigenvalue weighted by atomic mass is 10.1. The SMILES string of the molecule is NC(=O)OC(Cn1cnnn1)c1ccccc1Cl. The number of nitrogens with zero attached hydrogens (tertiary/aromatic N) is 4. The third-order valence-corrected chi connectivity index (χ3v) is 2.60. The number of hydrogen-bond acceptors (Lipinski definition) is 5. The first kappa shape index (κ1) is 12.3. The molecular weight excluding hydrogens is 258 g/mol. The summed E-state index contributed by atoms with van der Waals surface area (Å²) in [5, 5.41) is 11.2. The van der Waals surface area contributed by atoms with Gasteiger partial charge in [0.15, 0.2) is 0 Å². The predicted octanol–water partition coefficient (Wildman–Crippen LogP) is 1.16. The van der Waals surface area contributed by atoms with Crippen molar-refractivity contribution in [2.24, 2.45) is 5.73 Å². The van der Waals surface area contributed by atoms with Crippen molar-refractivity contribution in [3.63, 3.8) is 0 Å². The third-order valence-electron chi connectivity index (χ3n) is 2.25. The fourth-order valence-electron chi connectivity index (χ4n) is 1.51. The highest BCUT2D eigenvalue weighted by atomic mass is 35.5. The lowest BCUT2D eigenvalue weighted by molar-refractivity contribution is 0.0930. The first-order chi connectivity index (χ1) is 8.66. The van der Waals surface area contributed by atoms with Gasteiger partial charge in [-0.1, -0.05) is 29.8 Å². The molecule has 0 fully saturated rings. The number of carbonyl (C=O) groups is 1. The van der Waals surface area contributed by atoms with E-state index in [0.29, 0.717) is 10.6 Å². The summed E-state index contributed by atoms with van der Waals surface area (Å²) in [7, 11) is 0. The summed E-state index contributed by atoms with van der Waals surface area (Å²) in [4.78, 5) is 10.9. The van der Waals surface area contributed by atoms with Crippen molar-refractivity contribution < 1.29 is 9.53 Å². The number of rotatable bonds is 4. The van der Waals surface area contributed by atoms with E-state index < -0.39 is 12.2 Å². The van der Waals surface area contributed by atoms with Gasteiger partial charge in [0.05, 0.1) is 6.54 Å². The Labute approximate surface area is 107 Å². The van der Waals surface area contributed by atoms with Gasteiger partial charge < -0.3 is 10.5 Å². The molecule has 0 aliphatic rings. The maximum atomic E-state index is 10.9. The highest BCUT2D eigenvalue weighted by Crippen LogP contribution is 2.26. The second-order valence-corrected chi connectivity index (χ2v) is 3.89. The number of aromatic nitrogens is 4. The van der Waals surface area contributed by atoms with E-state index in [0.717, 1.165) is 0 Å². The number of primary amides is 1. The molecule has 1 heterocycles. The molecule has 2 aromatic rings. The van der Waals surface area contributed by atoms with E-state index in [1.165, 1.54) is 11.0 Å². The van der Waals surface area contributed by atoms with Crippen molar-refractivity contribution in [2.75, 3.05) is 0 Å². The topological polar surface area (TPSA) is 95.9 Å². The highest BCUT2D eigenvalue weighted by molar-refractivity contribution is 6.31. The molecule has 1 atom stereocenters. The van der Waals surface area contributed by atoms with Crippen molar-refractivity contribution in [1.29, 1.82) is 0 Å². The summed E-state index contributed by atoms with van der Waals surface area (Å²) in [6.07, 6.45) is -0.110. The highest BCUT2D eigenvalue weighted by Gasteiger charge is 2.19. The minimum atomic E-state index is -0.881. The van der Waals surface area contributed by atoms with Crippen LogP contribution < -0.4 is 5.73 Å². The fourth-order valence-corrected chi connectivity index (χ4v) is 1.77. The van der Waals surface area contributed by atoms with Gasteiger partial charge in [-0.3, -0.25) is 0 Å². The third kappa shape index (κ3) is 2.95. The van der Waals surface area contributed by atoms with Crippen LogP contribution in [0.2, 0.25) is 5.02 Å². The number of carbonyl (C=O) groups excluding carboxylic acids is 1. The van der Waals surface area contributed by atoms with Crippen LogP contribution in [0, 0.1) is 0 Å². The molecule has 1 aromatic heterocycles. The van der Waals surface area contributed by atoms with Gasteiger partial charge in [0.1, 0.15) is 12.4 Å². The number of halogens is 1. The Kier molecular flexibility index (Phi) is 3.73. The van der Waals surface area contributed by atoms with Gasteiger partial charge in [-0.25, -0.2) is 9.48 Å². The van der Waals surface area contributed by atoms with Crippen molar-refractivity contribution in [1.82, 2.24) is 20.2 Å². The van der Waals surface area contributed by atoms with Crippen LogP contribution in [0.4, 0.5) is 4.79 Å². The number of nitrogens with two attached hydrogens (primary N) is 1. The minimum Gasteiger partial charge on any atom is -0.439 e. The largest absolute Gasteiger partial charge is 0.439 e. The van der Waals surface area contributed by atoms with E-state index in [4.69, 9.17) is 22.1 Å². The average molecular weight is 268 g/mol. The molecule has 1 aromatic carbocycles. The van der Waals surface area contributed by atoms with Crippen LogP contribution in [0.1, 0.15) is 11.7 Å². The van der Waals surface area contributed by atoms with Crippen LogP contribution in [-0.2, 0) is 11.3 Å². The number of tetrazole rings is 1. The summed E-state index contributed by atoms with van der Waals surface area (Å²) in [5.74, 6) is 0. The first-order valence-electron chi connectivity index (χ1n) is 5.08. The Morgan fingerprint density at radius 2 is 2.28 bits per heavy atom. The molecule has 0 aliphatic heterocycles. The molecule has 8 heteroatoms. The van der Waals surface area contributed by atoms with E-state index in [1.54, 1.807) is 24.3 Å². The van der Waals surface area contributed by atoms with Crippen molar-refractivity contribution in [2.45, 2.75) is 12.6 Å². The molecule has 0 aliphatic carbocycles. The number of benzene rings is 1. The van der Waals surface area contributed by atoms with Crippen LogP contribution >= 0.6 is 11.6 Å². The second-order valence-electron chi connectivity index (χ2n) is 3.48. The molecule has 0 radical (unpaired) electrons. The van der Waals surface area contributed by atoms with Gasteiger partial charge in [0.2, 0.25) is 0 Å². The summed E-state index contributed by atoms with van der Waals surface area (Å²) >= 11 is 6.05. The Hall–Kier alpha value is -2.15. The Bertz CT molecular complexity index is 531. The molecule has 18 heavy (non-hydrogen) atoms. The number of ether oxygens (including phenoxy) is 1. The van der Waals surface area contributed by atoms with E-state index in [-0.39, 0.29) is 6.54 Å². The molecule has 0 spiro atoms. The maximum absolute atomic E-state index is 10.9. The molecular formula is C10H10ClN5O2. The molecule has 7 nitrogen and oxygen atoms in total. The van der Waals surface area contributed by atoms with Crippen LogP contribution in [-0.4, -0.2) is 26.3 Å². The van der Waals surface area contributed by atoms with E-state index in [2.05, 4.69) is 15.5 Å². The molecule has 2 rings (SSSR count). The molecule has 0 saturated carbocycles. The average Bonchev–Trinajstić information content (AvgIpc) is 2.81. The van der Waals surface area contributed by atoms with Gasteiger partial charge in [-0.05, 0) is 16.5 Å². The van der Waals surface area contributed by atoms with Crippen molar-refractivity contribution >= 4 is 17.7 Å². The first-order valence-corrected chi connectivity index (χ1v) is 5.46. The van der Waals surface area contributed by atoms with Gasteiger partial charge in [-0.15, -0.1) is 5.10 Å². The van der Waals surface area contributed by atoms with Crippen molar-refractivity contribution in [3.8, 4) is 0 Å². The van der Waals surface area contributed by atoms with E-state index >= 15 is 0 Å². The van der Waals surface area contributed by atoms with Gasteiger partial charge in [0.25, 0.3) is 0 Å². The molecule has 0 bridgehead atoms. The Morgan fingerprint density at radius 1 is 1.50 bits per heavy atom. The standard InChI is InChI=1S/C10H10ClN5O2/c11-8-4-2-1-3-7(8)9(18-10(12)17)5-16-6-13-14-15-16/h1-4,6,9H,5H2,(H2,12,17). The lowest BCUT2D eigenvalue weighted by Gasteiger charge is -2.17. The lowest BCUT2D eigenvalue weighted by Crippen LogP contribution is -2.21. The molecule has 2 N–H and O–H groups in total. The smallest absolute Gasteiger partial charge is 0.405 e. The van der Waals surface area contributed by atoms with E-state index in [1.807, 2.05) is 0 Å². The van der Waals surface area contributed by atoms with Gasteiger partial charge in [0, 0.05) is 10.6 Å². The monoisotopic (exact) mass is 267 g/mol. The summed E-state index contributed by atoms with van der Waals surface area (Å²) in [6.45, 7) is 0.236. The normalized spacial score (nSPS) is 12.1. The second kappa shape index (κ2) is 5.46.